The van der Waals surface area contributed by atoms with E-state index in [2.05, 4.69) is 74.3 Å². The molecule has 22 heavy (non-hydrogen) atoms. The lowest BCUT2D eigenvalue weighted by atomic mass is 9.68. The first-order valence-electron chi connectivity index (χ1n) is 8.21. The summed E-state index contributed by atoms with van der Waals surface area (Å²) < 4.78 is 0. The normalized spacial score (nSPS) is 20.0. The van der Waals surface area contributed by atoms with Crippen LogP contribution in [0.3, 0.4) is 0 Å². The zero-order valence-corrected chi connectivity index (χ0v) is 13.6. The molecule has 2 aromatic carbocycles. The number of rotatable bonds is 1. The highest BCUT2D eigenvalue weighted by Gasteiger charge is 2.36. The molecule has 0 bridgehead atoms. The Morgan fingerprint density at radius 1 is 1.05 bits per heavy atom. The third-order valence-electron chi connectivity index (χ3n) is 5.22. The molecule has 0 spiro atoms. The van der Waals surface area contributed by atoms with Crippen molar-refractivity contribution in [1.82, 2.24) is 4.98 Å². The molecule has 1 heteroatoms. The molecule has 1 unspecified atom stereocenters. The van der Waals surface area contributed by atoms with E-state index in [0.717, 1.165) is 6.42 Å². The van der Waals surface area contributed by atoms with E-state index >= 15 is 0 Å². The molecule has 0 radical (unpaired) electrons. The van der Waals surface area contributed by atoms with Crippen molar-refractivity contribution in [2.75, 3.05) is 0 Å². The SMILES string of the molecule is Cc1ccc(C2Cc3[nH]c4ccccc4c3C(C)(C)C2)cc1.[HH]. The van der Waals surface area contributed by atoms with Crippen molar-refractivity contribution in [2.24, 2.45) is 0 Å². The molecule has 1 aliphatic rings. The van der Waals surface area contributed by atoms with Gasteiger partial charge >= 0.3 is 0 Å². The monoisotopic (exact) mass is 291 g/mol. The molecule has 0 aliphatic heterocycles. The summed E-state index contributed by atoms with van der Waals surface area (Å²) in [4.78, 5) is 3.68. The van der Waals surface area contributed by atoms with E-state index in [-0.39, 0.29) is 6.84 Å². The Hall–Kier alpha value is -2.02. The Balaban J connectivity index is 0.00000156. The minimum absolute atomic E-state index is 0. The van der Waals surface area contributed by atoms with Crippen LogP contribution in [0.2, 0.25) is 0 Å². The molecule has 1 atom stereocenters. The van der Waals surface area contributed by atoms with Gasteiger partial charge in [0.25, 0.3) is 0 Å². The highest BCUT2D eigenvalue weighted by atomic mass is 14.7. The standard InChI is InChI=1S/C21H23N.H2/c1-14-8-10-15(11-9-14)16-12-19-20(21(2,3)13-16)17-6-4-5-7-18(17)22-19;/h4-11,16,22H,12-13H2,1-3H3;1H. The predicted molar refractivity (Wildman–Crippen MR) is 95.7 cm³/mol. The largest absolute Gasteiger partial charge is 0.358 e. The second kappa shape index (κ2) is 4.74. The number of H-pyrrole nitrogens is 1. The van der Waals surface area contributed by atoms with Gasteiger partial charge in [-0.05, 0) is 48.3 Å². The van der Waals surface area contributed by atoms with E-state index in [4.69, 9.17) is 0 Å². The van der Waals surface area contributed by atoms with E-state index in [1.54, 1.807) is 0 Å². The molecular weight excluding hydrogens is 266 g/mol. The predicted octanol–water partition coefficient (Wildman–Crippen LogP) is 5.73. The van der Waals surface area contributed by atoms with Crippen LogP contribution in [0.1, 0.15) is 50.0 Å². The van der Waals surface area contributed by atoms with Crippen LogP contribution in [0.4, 0.5) is 0 Å². The Morgan fingerprint density at radius 2 is 1.77 bits per heavy atom. The number of para-hydroxylation sites is 1. The first kappa shape index (κ1) is 13.6. The first-order chi connectivity index (χ1) is 10.5. The zero-order chi connectivity index (χ0) is 15.3. The third kappa shape index (κ3) is 2.08. The maximum absolute atomic E-state index is 3.68. The van der Waals surface area contributed by atoms with Crippen molar-refractivity contribution >= 4 is 10.9 Å². The highest BCUT2D eigenvalue weighted by molar-refractivity contribution is 5.86. The number of hydrogen-bond donors (Lipinski definition) is 1. The minimum atomic E-state index is 0. The van der Waals surface area contributed by atoms with E-state index in [1.165, 1.54) is 39.7 Å². The van der Waals surface area contributed by atoms with Gasteiger partial charge in [0.1, 0.15) is 0 Å². The van der Waals surface area contributed by atoms with Gasteiger partial charge in [-0.25, -0.2) is 0 Å². The fourth-order valence-electron chi connectivity index (χ4n) is 4.23. The van der Waals surface area contributed by atoms with Crippen LogP contribution in [-0.2, 0) is 11.8 Å². The van der Waals surface area contributed by atoms with Gasteiger partial charge in [-0.15, -0.1) is 0 Å². The van der Waals surface area contributed by atoms with Crippen LogP contribution in [0.25, 0.3) is 10.9 Å². The van der Waals surface area contributed by atoms with E-state index in [0.29, 0.717) is 5.92 Å². The molecule has 1 heterocycles. The maximum Gasteiger partial charge on any atom is 0.0459 e. The number of nitrogens with one attached hydrogen (secondary N) is 1. The Morgan fingerprint density at radius 3 is 2.55 bits per heavy atom. The highest BCUT2D eigenvalue weighted by Crippen LogP contribution is 2.46. The van der Waals surface area contributed by atoms with Crippen molar-refractivity contribution in [3.05, 3.63) is 70.9 Å². The summed E-state index contributed by atoms with van der Waals surface area (Å²) in [5, 5.41) is 1.41. The molecule has 0 amide bonds. The topological polar surface area (TPSA) is 15.8 Å². The second-order valence-corrected chi connectivity index (χ2v) is 7.42. The summed E-state index contributed by atoms with van der Waals surface area (Å²) in [6.45, 7) is 6.95. The van der Waals surface area contributed by atoms with Crippen molar-refractivity contribution in [1.29, 1.82) is 0 Å². The molecule has 114 valence electrons. The van der Waals surface area contributed by atoms with Crippen LogP contribution >= 0.6 is 0 Å². The van der Waals surface area contributed by atoms with Gasteiger partial charge in [-0.3, -0.25) is 0 Å². The van der Waals surface area contributed by atoms with Crippen LogP contribution < -0.4 is 0 Å². The maximum atomic E-state index is 3.68. The molecule has 0 fully saturated rings. The average Bonchev–Trinajstić information content (AvgIpc) is 2.86. The Bertz CT molecular complexity index is 827. The molecule has 0 saturated carbocycles. The number of fused-ring (bicyclic) bond motifs is 3. The van der Waals surface area contributed by atoms with Gasteiger partial charge in [-0.1, -0.05) is 61.9 Å². The number of hydrogen-bond acceptors (Lipinski definition) is 0. The van der Waals surface area contributed by atoms with Crippen LogP contribution in [-0.4, -0.2) is 4.98 Å². The smallest absolute Gasteiger partial charge is 0.0459 e. The van der Waals surface area contributed by atoms with Gasteiger partial charge in [0.2, 0.25) is 0 Å². The lowest BCUT2D eigenvalue weighted by Crippen LogP contribution is -2.28. The average molecular weight is 291 g/mol. The number of aromatic nitrogens is 1. The van der Waals surface area contributed by atoms with Crippen molar-refractivity contribution in [2.45, 2.75) is 44.9 Å². The van der Waals surface area contributed by atoms with Crippen molar-refractivity contribution in [3.63, 3.8) is 0 Å². The summed E-state index contributed by atoms with van der Waals surface area (Å²) in [5.41, 5.74) is 7.27. The van der Waals surface area contributed by atoms with E-state index in [9.17, 15) is 0 Å². The fraction of sp³-hybridized carbons (Fsp3) is 0.333. The van der Waals surface area contributed by atoms with Gasteiger partial charge in [-0.2, -0.15) is 0 Å². The summed E-state index contributed by atoms with van der Waals surface area (Å²) in [5.74, 6) is 0.608. The van der Waals surface area contributed by atoms with Crippen molar-refractivity contribution in [3.8, 4) is 0 Å². The fourth-order valence-corrected chi connectivity index (χ4v) is 4.23. The molecule has 0 saturated heterocycles. The third-order valence-corrected chi connectivity index (χ3v) is 5.22. The summed E-state index contributed by atoms with van der Waals surface area (Å²) >= 11 is 0. The van der Waals surface area contributed by atoms with Crippen LogP contribution in [0, 0.1) is 6.92 Å². The number of aryl methyl sites for hydroxylation is 1. The molecule has 1 aliphatic carbocycles. The quantitative estimate of drug-likeness (QED) is 0.589. The minimum Gasteiger partial charge on any atom is -0.358 e. The summed E-state index contributed by atoms with van der Waals surface area (Å²) in [7, 11) is 0. The van der Waals surface area contributed by atoms with Crippen molar-refractivity contribution < 1.29 is 1.43 Å². The lowest BCUT2D eigenvalue weighted by molar-refractivity contribution is 0.392. The van der Waals surface area contributed by atoms with Gasteiger partial charge in [0.05, 0.1) is 0 Å². The Labute approximate surface area is 133 Å². The first-order valence-corrected chi connectivity index (χ1v) is 8.21. The molecule has 1 aromatic heterocycles. The van der Waals surface area contributed by atoms with E-state index < -0.39 is 0 Å². The summed E-state index contributed by atoms with van der Waals surface area (Å²) in [6.07, 6.45) is 2.33. The molecular formula is C21H25N. The molecule has 4 rings (SSSR count). The molecule has 1 N–H and O–H groups in total. The zero-order valence-electron chi connectivity index (χ0n) is 13.6. The number of aromatic amines is 1. The van der Waals surface area contributed by atoms with Crippen LogP contribution in [0.15, 0.2) is 48.5 Å². The molecule has 3 aromatic rings. The summed E-state index contributed by atoms with van der Waals surface area (Å²) in [6, 6.07) is 17.8. The Kier molecular flexibility index (Phi) is 2.94. The number of benzene rings is 2. The molecule has 1 nitrogen and oxygen atoms in total. The van der Waals surface area contributed by atoms with Gasteiger partial charge in [0, 0.05) is 18.0 Å². The van der Waals surface area contributed by atoms with E-state index in [1.807, 2.05) is 0 Å². The second-order valence-electron chi connectivity index (χ2n) is 7.42. The van der Waals surface area contributed by atoms with Gasteiger partial charge in [0.15, 0.2) is 0 Å². The lowest BCUT2D eigenvalue weighted by Gasteiger charge is -2.36. The van der Waals surface area contributed by atoms with Gasteiger partial charge < -0.3 is 4.98 Å². The van der Waals surface area contributed by atoms with Crippen LogP contribution in [0.5, 0.6) is 0 Å².